The monoisotopic (exact) mass is 652 g/mol. The smallest absolute Gasteiger partial charge is 0.0585 e. The molecule has 1 aromatic heterocycles. The quantitative estimate of drug-likeness (QED) is 0.168. The highest BCUT2D eigenvalue weighted by Gasteiger charge is 2.26. The second kappa shape index (κ2) is 11.9. The first kappa shape index (κ1) is 29.5. The van der Waals surface area contributed by atoms with E-state index in [1.807, 2.05) is 0 Å². The lowest BCUT2D eigenvalue weighted by atomic mass is 9.88. The maximum Gasteiger partial charge on any atom is 0.0585 e. The molecule has 0 aliphatic heterocycles. The molecule has 51 heavy (non-hydrogen) atoms. The fourth-order valence-corrected chi connectivity index (χ4v) is 8.46. The SMILES string of the molecule is CC1C=C(c2ccc3c(c2)c2ccccc2n3-c2ccc3c4ccccc4c4ccccc4c3c2)C=CC1N(c1ccccc1)c1ccccc1. The number of hydrogen-bond acceptors (Lipinski definition) is 1. The summed E-state index contributed by atoms with van der Waals surface area (Å²) in [6, 6.07) is 62.2. The molecule has 0 bridgehead atoms. The number of nitrogens with zero attached hydrogens (tertiary/aromatic N) is 2. The van der Waals surface area contributed by atoms with Crippen LogP contribution in [0.4, 0.5) is 11.4 Å². The number of fused-ring (bicyclic) bond motifs is 9. The number of para-hydroxylation sites is 3. The van der Waals surface area contributed by atoms with E-state index >= 15 is 0 Å². The largest absolute Gasteiger partial charge is 0.334 e. The van der Waals surface area contributed by atoms with Gasteiger partial charge in [0.25, 0.3) is 0 Å². The molecule has 0 fully saturated rings. The van der Waals surface area contributed by atoms with Gasteiger partial charge in [-0.05, 0) is 104 Å². The fourth-order valence-electron chi connectivity index (χ4n) is 8.46. The fraction of sp³-hybridized carbons (Fsp3) is 0.0612. The van der Waals surface area contributed by atoms with Crippen LogP contribution in [-0.2, 0) is 0 Å². The number of hydrogen-bond donors (Lipinski definition) is 0. The van der Waals surface area contributed by atoms with Gasteiger partial charge in [0.15, 0.2) is 0 Å². The van der Waals surface area contributed by atoms with Crippen molar-refractivity contribution in [2.75, 3.05) is 4.90 Å². The molecule has 1 aliphatic rings. The van der Waals surface area contributed by atoms with Gasteiger partial charge >= 0.3 is 0 Å². The van der Waals surface area contributed by atoms with Crippen LogP contribution in [0.15, 0.2) is 188 Å². The van der Waals surface area contributed by atoms with Crippen molar-refractivity contribution in [3.8, 4) is 5.69 Å². The molecule has 10 rings (SSSR count). The molecule has 2 heteroatoms. The molecular weight excluding hydrogens is 617 g/mol. The number of aromatic nitrogens is 1. The number of rotatable bonds is 5. The van der Waals surface area contributed by atoms with Gasteiger partial charge in [0.1, 0.15) is 0 Å². The molecule has 0 saturated heterocycles. The van der Waals surface area contributed by atoms with Crippen molar-refractivity contribution in [3.05, 3.63) is 194 Å². The minimum absolute atomic E-state index is 0.199. The van der Waals surface area contributed by atoms with Crippen LogP contribution in [0.3, 0.4) is 0 Å². The molecule has 9 aromatic rings. The van der Waals surface area contributed by atoms with Gasteiger partial charge in [-0.3, -0.25) is 0 Å². The Morgan fingerprint density at radius 3 is 1.61 bits per heavy atom. The van der Waals surface area contributed by atoms with Gasteiger partial charge in [0.05, 0.1) is 17.1 Å². The van der Waals surface area contributed by atoms with Crippen LogP contribution >= 0.6 is 0 Å². The second-order valence-electron chi connectivity index (χ2n) is 13.8. The first-order valence-electron chi connectivity index (χ1n) is 17.9. The van der Waals surface area contributed by atoms with E-state index in [2.05, 4.69) is 204 Å². The summed E-state index contributed by atoms with van der Waals surface area (Å²) in [4.78, 5) is 2.46. The first-order chi connectivity index (χ1) is 25.2. The summed E-state index contributed by atoms with van der Waals surface area (Å²) >= 11 is 0. The lowest BCUT2D eigenvalue weighted by Gasteiger charge is -2.36. The van der Waals surface area contributed by atoms with Crippen LogP contribution < -0.4 is 4.90 Å². The molecule has 2 atom stereocenters. The van der Waals surface area contributed by atoms with E-state index in [9.17, 15) is 0 Å². The number of allylic oxidation sites excluding steroid dienone is 2. The summed E-state index contributed by atoms with van der Waals surface area (Å²) in [5.74, 6) is 0.297. The minimum Gasteiger partial charge on any atom is -0.334 e. The molecule has 0 radical (unpaired) electrons. The Morgan fingerprint density at radius 2 is 0.980 bits per heavy atom. The average Bonchev–Trinajstić information content (AvgIpc) is 3.53. The maximum absolute atomic E-state index is 2.46. The Balaban J connectivity index is 1.08. The minimum atomic E-state index is 0.199. The molecule has 8 aromatic carbocycles. The number of benzene rings is 8. The Bertz CT molecular complexity index is 2750. The van der Waals surface area contributed by atoms with Gasteiger partial charge < -0.3 is 9.47 Å². The number of anilines is 2. The van der Waals surface area contributed by atoms with Crippen molar-refractivity contribution in [2.24, 2.45) is 5.92 Å². The van der Waals surface area contributed by atoms with Crippen molar-refractivity contribution < 1.29 is 0 Å². The Morgan fingerprint density at radius 1 is 0.451 bits per heavy atom. The zero-order valence-electron chi connectivity index (χ0n) is 28.4. The van der Waals surface area contributed by atoms with E-state index in [0.29, 0.717) is 5.92 Å². The highest BCUT2D eigenvalue weighted by molar-refractivity contribution is 6.25. The van der Waals surface area contributed by atoms with Crippen LogP contribution in [0, 0.1) is 5.92 Å². The van der Waals surface area contributed by atoms with Gasteiger partial charge in [-0.25, -0.2) is 0 Å². The highest BCUT2D eigenvalue weighted by Crippen LogP contribution is 2.40. The van der Waals surface area contributed by atoms with Crippen LogP contribution in [0.5, 0.6) is 0 Å². The lowest BCUT2D eigenvalue weighted by Crippen LogP contribution is -2.35. The van der Waals surface area contributed by atoms with E-state index < -0.39 is 0 Å². The molecule has 1 aliphatic carbocycles. The summed E-state index contributed by atoms with van der Waals surface area (Å²) in [5, 5.41) is 10.3. The molecule has 0 saturated carbocycles. The normalized spacial score (nSPS) is 16.0. The van der Waals surface area contributed by atoms with E-state index in [1.54, 1.807) is 0 Å². The summed E-state index contributed by atoms with van der Waals surface area (Å²) in [6.07, 6.45) is 7.15. The third-order valence-electron chi connectivity index (χ3n) is 10.8. The van der Waals surface area contributed by atoms with Crippen LogP contribution in [0.1, 0.15) is 12.5 Å². The Hall–Kier alpha value is -6.38. The molecule has 0 amide bonds. The van der Waals surface area contributed by atoms with Crippen molar-refractivity contribution in [1.82, 2.24) is 4.57 Å². The topological polar surface area (TPSA) is 8.17 Å². The maximum atomic E-state index is 2.46. The summed E-state index contributed by atoms with van der Waals surface area (Å²) < 4.78 is 2.44. The van der Waals surface area contributed by atoms with Gasteiger partial charge in [0.2, 0.25) is 0 Å². The van der Waals surface area contributed by atoms with Crippen molar-refractivity contribution in [3.63, 3.8) is 0 Å². The third kappa shape index (κ3) is 4.79. The highest BCUT2D eigenvalue weighted by atomic mass is 15.2. The lowest BCUT2D eigenvalue weighted by molar-refractivity contribution is 0.611. The molecule has 2 nitrogen and oxygen atoms in total. The van der Waals surface area contributed by atoms with E-state index in [4.69, 9.17) is 0 Å². The zero-order valence-corrected chi connectivity index (χ0v) is 28.4. The molecule has 1 heterocycles. The van der Waals surface area contributed by atoms with Gasteiger partial charge in [-0.2, -0.15) is 0 Å². The molecule has 242 valence electrons. The van der Waals surface area contributed by atoms with Gasteiger partial charge in [-0.15, -0.1) is 0 Å². The van der Waals surface area contributed by atoms with Gasteiger partial charge in [-0.1, -0.05) is 140 Å². The second-order valence-corrected chi connectivity index (χ2v) is 13.8. The van der Waals surface area contributed by atoms with Crippen LogP contribution in [-0.4, -0.2) is 10.6 Å². The summed E-state index contributed by atoms with van der Waals surface area (Å²) in [6.45, 7) is 2.34. The summed E-state index contributed by atoms with van der Waals surface area (Å²) in [7, 11) is 0. The van der Waals surface area contributed by atoms with E-state index in [-0.39, 0.29) is 6.04 Å². The van der Waals surface area contributed by atoms with Gasteiger partial charge in [0, 0.05) is 27.8 Å². The molecular formula is C49H36N2. The van der Waals surface area contributed by atoms with Crippen molar-refractivity contribution in [1.29, 1.82) is 0 Å². The molecule has 0 spiro atoms. The zero-order chi connectivity index (χ0) is 33.9. The Labute approximate surface area is 297 Å². The Kier molecular flexibility index (Phi) is 6.89. The van der Waals surface area contributed by atoms with E-state index in [0.717, 1.165) is 0 Å². The van der Waals surface area contributed by atoms with Crippen molar-refractivity contribution in [2.45, 2.75) is 13.0 Å². The molecule has 2 unspecified atom stereocenters. The van der Waals surface area contributed by atoms with E-state index in [1.165, 1.54) is 82.3 Å². The first-order valence-corrected chi connectivity index (χ1v) is 17.9. The standard InChI is InChI=1S/C49H36N2/c1-33-30-34(24-28-47(33)50(36-14-4-2-5-15-36)37-16-6-3-7-17-37)35-25-29-49-46(31-35)44-22-12-13-23-48(44)51(49)38-26-27-43-41-20-9-8-18-39(41)40-19-10-11-21-42(40)45(43)32-38/h2-33,47H,1H3. The summed E-state index contributed by atoms with van der Waals surface area (Å²) in [5.41, 5.74) is 8.53. The average molecular weight is 653 g/mol. The van der Waals surface area contributed by atoms with Crippen LogP contribution in [0.25, 0.3) is 65.4 Å². The third-order valence-corrected chi connectivity index (χ3v) is 10.8. The predicted octanol–water partition coefficient (Wildman–Crippen LogP) is 13.0. The molecule has 0 N–H and O–H groups in total. The predicted molar refractivity (Wildman–Crippen MR) is 218 cm³/mol. The van der Waals surface area contributed by atoms with Crippen molar-refractivity contribution >= 4 is 71.1 Å². The van der Waals surface area contributed by atoms with Crippen LogP contribution in [0.2, 0.25) is 0 Å².